The lowest BCUT2D eigenvalue weighted by molar-refractivity contribution is 0.0949. The van der Waals surface area contributed by atoms with E-state index in [4.69, 9.17) is 0 Å². The first-order valence-electron chi connectivity index (χ1n) is 4.00. The summed E-state index contributed by atoms with van der Waals surface area (Å²) >= 11 is 1.54. The third-order valence-electron chi connectivity index (χ3n) is 1.45. The van der Waals surface area contributed by atoms with Gasteiger partial charge in [-0.05, 0) is 17.4 Å². The summed E-state index contributed by atoms with van der Waals surface area (Å²) in [5, 5.41) is 6.62. The predicted octanol–water partition coefficient (Wildman–Crippen LogP) is 2.13. The Labute approximate surface area is 76.6 Å². The van der Waals surface area contributed by atoms with Crippen molar-refractivity contribution in [3.05, 3.63) is 22.4 Å². The number of hydrogen-bond donors (Lipinski definition) is 1. The second kappa shape index (κ2) is 4.26. The van der Waals surface area contributed by atoms with Crippen LogP contribution in [-0.4, -0.2) is 12.5 Å². The molecular formula is C9H13NOS. The van der Waals surface area contributed by atoms with Gasteiger partial charge < -0.3 is 5.32 Å². The Morgan fingerprint density at radius 1 is 1.67 bits per heavy atom. The highest BCUT2D eigenvalue weighted by Gasteiger charge is 2.04. The van der Waals surface area contributed by atoms with Gasteiger partial charge in [0.2, 0.25) is 0 Å². The third kappa shape index (κ3) is 2.66. The first-order valence-corrected chi connectivity index (χ1v) is 4.95. The molecule has 1 amide bonds. The molecular weight excluding hydrogens is 170 g/mol. The van der Waals surface area contributed by atoms with Gasteiger partial charge in [-0.15, -0.1) is 0 Å². The zero-order valence-corrected chi connectivity index (χ0v) is 8.15. The monoisotopic (exact) mass is 183 g/mol. The van der Waals surface area contributed by atoms with Crippen LogP contribution in [0.15, 0.2) is 16.8 Å². The molecule has 1 rings (SSSR count). The van der Waals surface area contributed by atoms with E-state index in [2.05, 4.69) is 19.2 Å². The second-order valence-corrected chi connectivity index (χ2v) is 3.90. The number of carbonyl (C=O) groups excluding carboxylic acids is 1. The van der Waals surface area contributed by atoms with Crippen molar-refractivity contribution in [3.8, 4) is 0 Å². The van der Waals surface area contributed by atoms with E-state index in [1.807, 2.05) is 16.8 Å². The van der Waals surface area contributed by atoms with Crippen molar-refractivity contribution < 1.29 is 4.79 Å². The summed E-state index contributed by atoms with van der Waals surface area (Å²) in [5.41, 5.74) is 0.764. The van der Waals surface area contributed by atoms with Gasteiger partial charge in [0.05, 0.1) is 0 Å². The van der Waals surface area contributed by atoms with Crippen LogP contribution < -0.4 is 5.32 Å². The molecule has 3 heteroatoms. The first kappa shape index (κ1) is 9.26. The molecule has 0 aromatic carbocycles. The Morgan fingerprint density at radius 2 is 2.42 bits per heavy atom. The minimum Gasteiger partial charge on any atom is -0.352 e. The summed E-state index contributed by atoms with van der Waals surface area (Å²) in [6, 6.07) is 1.83. The van der Waals surface area contributed by atoms with Gasteiger partial charge in [0.15, 0.2) is 0 Å². The van der Waals surface area contributed by atoms with Gasteiger partial charge in [-0.1, -0.05) is 13.8 Å². The molecule has 0 unspecified atom stereocenters. The maximum atomic E-state index is 11.3. The normalized spacial score (nSPS) is 10.2. The molecule has 1 aromatic rings. The zero-order chi connectivity index (χ0) is 8.97. The van der Waals surface area contributed by atoms with Crippen LogP contribution in [0.4, 0.5) is 0 Å². The van der Waals surface area contributed by atoms with Crippen LogP contribution in [0.3, 0.4) is 0 Å². The lowest BCUT2D eigenvalue weighted by atomic mass is 10.2. The fourth-order valence-electron chi connectivity index (χ4n) is 0.793. The number of rotatable bonds is 3. The number of hydrogen-bond acceptors (Lipinski definition) is 2. The zero-order valence-electron chi connectivity index (χ0n) is 7.33. The summed E-state index contributed by atoms with van der Waals surface area (Å²) in [5.74, 6) is 0.539. The Hall–Kier alpha value is -0.830. The van der Waals surface area contributed by atoms with Crippen LogP contribution in [0, 0.1) is 5.92 Å². The number of nitrogens with one attached hydrogen (secondary N) is 1. The molecule has 12 heavy (non-hydrogen) atoms. The van der Waals surface area contributed by atoms with E-state index in [0.29, 0.717) is 5.92 Å². The van der Waals surface area contributed by atoms with Crippen LogP contribution in [0.5, 0.6) is 0 Å². The molecule has 0 aliphatic carbocycles. The average Bonchev–Trinajstić information content (AvgIpc) is 2.51. The summed E-state index contributed by atoms with van der Waals surface area (Å²) in [6.07, 6.45) is 0. The van der Waals surface area contributed by atoms with Gasteiger partial charge in [-0.3, -0.25) is 4.79 Å². The summed E-state index contributed by atoms with van der Waals surface area (Å²) in [7, 11) is 0. The SMILES string of the molecule is CC(C)CNC(=O)c1ccsc1. The molecule has 0 aliphatic rings. The largest absolute Gasteiger partial charge is 0.352 e. The predicted molar refractivity (Wildman–Crippen MR) is 51.5 cm³/mol. The van der Waals surface area contributed by atoms with Gasteiger partial charge in [-0.2, -0.15) is 11.3 Å². The molecule has 1 aromatic heterocycles. The molecule has 0 saturated heterocycles. The molecule has 0 fully saturated rings. The first-order chi connectivity index (χ1) is 5.70. The molecule has 0 atom stereocenters. The van der Waals surface area contributed by atoms with E-state index in [1.54, 1.807) is 11.3 Å². The van der Waals surface area contributed by atoms with Gasteiger partial charge in [0.25, 0.3) is 5.91 Å². The maximum Gasteiger partial charge on any atom is 0.252 e. The summed E-state index contributed by atoms with van der Waals surface area (Å²) < 4.78 is 0. The molecule has 1 N–H and O–H groups in total. The van der Waals surface area contributed by atoms with Gasteiger partial charge in [0, 0.05) is 17.5 Å². The minimum absolute atomic E-state index is 0.0324. The smallest absolute Gasteiger partial charge is 0.252 e. The standard InChI is InChI=1S/C9H13NOS/c1-7(2)5-10-9(11)8-3-4-12-6-8/h3-4,6-7H,5H2,1-2H3,(H,10,11). The topological polar surface area (TPSA) is 29.1 Å². The van der Waals surface area contributed by atoms with Crippen molar-refractivity contribution in [3.63, 3.8) is 0 Å². The molecule has 0 spiro atoms. The van der Waals surface area contributed by atoms with E-state index in [0.717, 1.165) is 12.1 Å². The summed E-state index contributed by atoms with van der Waals surface area (Å²) in [4.78, 5) is 11.3. The van der Waals surface area contributed by atoms with Gasteiger partial charge in [-0.25, -0.2) is 0 Å². The lowest BCUT2D eigenvalue weighted by Crippen LogP contribution is -2.26. The quantitative estimate of drug-likeness (QED) is 0.764. The Bertz CT molecular complexity index is 241. The van der Waals surface area contributed by atoms with Crippen molar-refractivity contribution in [1.29, 1.82) is 0 Å². The van der Waals surface area contributed by atoms with Crippen molar-refractivity contribution >= 4 is 17.2 Å². The third-order valence-corrected chi connectivity index (χ3v) is 2.14. The highest BCUT2D eigenvalue weighted by molar-refractivity contribution is 7.08. The average molecular weight is 183 g/mol. The molecule has 0 bridgehead atoms. The lowest BCUT2D eigenvalue weighted by Gasteiger charge is -2.05. The number of amides is 1. The van der Waals surface area contributed by atoms with Gasteiger partial charge in [0.1, 0.15) is 0 Å². The van der Waals surface area contributed by atoms with Crippen molar-refractivity contribution in [2.45, 2.75) is 13.8 Å². The fraction of sp³-hybridized carbons (Fsp3) is 0.444. The molecule has 1 heterocycles. The van der Waals surface area contributed by atoms with Crippen LogP contribution in [-0.2, 0) is 0 Å². The number of carbonyl (C=O) groups is 1. The Kier molecular flexibility index (Phi) is 3.29. The molecule has 2 nitrogen and oxygen atoms in total. The molecule has 66 valence electrons. The minimum atomic E-state index is 0.0324. The highest BCUT2D eigenvalue weighted by atomic mass is 32.1. The molecule has 0 aliphatic heterocycles. The second-order valence-electron chi connectivity index (χ2n) is 3.12. The van der Waals surface area contributed by atoms with Crippen LogP contribution in [0.25, 0.3) is 0 Å². The molecule has 0 radical (unpaired) electrons. The van der Waals surface area contributed by atoms with E-state index < -0.39 is 0 Å². The molecule has 0 saturated carbocycles. The fourth-order valence-corrected chi connectivity index (χ4v) is 1.43. The van der Waals surface area contributed by atoms with E-state index in [-0.39, 0.29) is 5.91 Å². The van der Waals surface area contributed by atoms with Crippen LogP contribution >= 0.6 is 11.3 Å². The highest BCUT2D eigenvalue weighted by Crippen LogP contribution is 2.05. The van der Waals surface area contributed by atoms with Crippen molar-refractivity contribution in [2.75, 3.05) is 6.54 Å². The van der Waals surface area contributed by atoms with Crippen molar-refractivity contribution in [2.24, 2.45) is 5.92 Å². The van der Waals surface area contributed by atoms with Crippen LogP contribution in [0.1, 0.15) is 24.2 Å². The number of thiophene rings is 1. The van der Waals surface area contributed by atoms with E-state index in [1.165, 1.54) is 0 Å². The summed E-state index contributed by atoms with van der Waals surface area (Å²) in [6.45, 7) is 4.90. The Morgan fingerprint density at radius 3 is 2.92 bits per heavy atom. The van der Waals surface area contributed by atoms with E-state index in [9.17, 15) is 4.79 Å². The Balaban J connectivity index is 2.40. The maximum absolute atomic E-state index is 11.3. The van der Waals surface area contributed by atoms with Gasteiger partial charge >= 0.3 is 0 Å². The van der Waals surface area contributed by atoms with Crippen LogP contribution in [0.2, 0.25) is 0 Å². The van der Waals surface area contributed by atoms with Crippen molar-refractivity contribution in [1.82, 2.24) is 5.32 Å². The van der Waals surface area contributed by atoms with E-state index >= 15 is 0 Å².